The Labute approximate surface area is 64.7 Å². The second-order valence-corrected chi connectivity index (χ2v) is 2.20. The SMILES string of the molecule is CC(=O)Nc1cnc(C)nc1. The van der Waals surface area contributed by atoms with E-state index in [0.717, 1.165) is 0 Å². The molecule has 0 radical (unpaired) electrons. The minimum absolute atomic E-state index is 0.113. The fourth-order valence-electron chi connectivity index (χ4n) is 0.660. The van der Waals surface area contributed by atoms with Gasteiger partial charge in [-0.3, -0.25) is 4.79 Å². The highest BCUT2D eigenvalue weighted by molar-refractivity contribution is 5.88. The molecule has 0 saturated carbocycles. The van der Waals surface area contributed by atoms with Crippen LogP contribution in [0.1, 0.15) is 12.7 Å². The fourth-order valence-corrected chi connectivity index (χ4v) is 0.660. The van der Waals surface area contributed by atoms with Gasteiger partial charge in [0.05, 0.1) is 18.1 Å². The summed E-state index contributed by atoms with van der Waals surface area (Å²) >= 11 is 0. The highest BCUT2D eigenvalue weighted by atomic mass is 16.1. The van der Waals surface area contributed by atoms with Crippen molar-refractivity contribution in [1.29, 1.82) is 0 Å². The van der Waals surface area contributed by atoms with E-state index in [1.807, 2.05) is 0 Å². The molecule has 4 heteroatoms. The Morgan fingerprint density at radius 3 is 2.45 bits per heavy atom. The quantitative estimate of drug-likeness (QED) is 0.644. The lowest BCUT2D eigenvalue weighted by Crippen LogP contribution is -2.06. The highest BCUT2D eigenvalue weighted by Crippen LogP contribution is 2.00. The number of hydrogen-bond acceptors (Lipinski definition) is 3. The first kappa shape index (κ1) is 7.65. The molecule has 1 amide bonds. The van der Waals surface area contributed by atoms with Crippen molar-refractivity contribution in [2.45, 2.75) is 13.8 Å². The van der Waals surface area contributed by atoms with E-state index in [0.29, 0.717) is 11.5 Å². The Bertz CT molecular complexity index is 255. The zero-order valence-corrected chi connectivity index (χ0v) is 6.46. The molecule has 1 rings (SSSR count). The molecule has 0 atom stereocenters. The van der Waals surface area contributed by atoms with Gasteiger partial charge in [0.1, 0.15) is 5.82 Å². The van der Waals surface area contributed by atoms with E-state index in [-0.39, 0.29) is 5.91 Å². The average molecular weight is 151 g/mol. The minimum Gasteiger partial charge on any atom is -0.324 e. The molecule has 0 aromatic carbocycles. The van der Waals surface area contributed by atoms with Gasteiger partial charge in [0.25, 0.3) is 0 Å². The molecule has 0 fully saturated rings. The van der Waals surface area contributed by atoms with Crippen LogP contribution < -0.4 is 5.32 Å². The van der Waals surface area contributed by atoms with E-state index in [1.165, 1.54) is 6.92 Å². The molecule has 0 spiro atoms. The maximum Gasteiger partial charge on any atom is 0.221 e. The summed E-state index contributed by atoms with van der Waals surface area (Å²) in [4.78, 5) is 18.3. The topological polar surface area (TPSA) is 54.9 Å². The van der Waals surface area contributed by atoms with Crippen LogP contribution in [0.3, 0.4) is 0 Å². The van der Waals surface area contributed by atoms with Crippen molar-refractivity contribution in [3.63, 3.8) is 0 Å². The smallest absolute Gasteiger partial charge is 0.221 e. The Hall–Kier alpha value is -1.45. The van der Waals surface area contributed by atoms with Gasteiger partial charge >= 0.3 is 0 Å². The van der Waals surface area contributed by atoms with Crippen molar-refractivity contribution >= 4 is 11.6 Å². The van der Waals surface area contributed by atoms with Gasteiger partial charge < -0.3 is 5.32 Å². The fraction of sp³-hybridized carbons (Fsp3) is 0.286. The molecular formula is C7H9N3O. The van der Waals surface area contributed by atoms with Gasteiger partial charge in [0.15, 0.2) is 0 Å². The molecule has 0 unspecified atom stereocenters. The third-order valence-electron chi connectivity index (χ3n) is 1.10. The molecular weight excluding hydrogens is 142 g/mol. The Kier molecular flexibility index (Phi) is 2.15. The van der Waals surface area contributed by atoms with E-state index in [2.05, 4.69) is 15.3 Å². The summed E-state index contributed by atoms with van der Waals surface area (Å²) in [7, 11) is 0. The Balaban J connectivity index is 2.74. The van der Waals surface area contributed by atoms with Gasteiger partial charge in [0, 0.05) is 6.92 Å². The van der Waals surface area contributed by atoms with Gasteiger partial charge in [-0.25, -0.2) is 9.97 Å². The standard InChI is InChI=1S/C7H9N3O/c1-5-8-3-7(4-9-5)10-6(2)11/h3-4H,1-2H3,(H,10,11). The predicted molar refractivity (Wildman–Crippen MR) is 41.1 cm³/mol. The number of hydrogen-bond donors (Lipinski definition) is 1. The highest BCUT2D eigenvalue weighted by Gasteiger charge is 1.94. The molecule has 1 N–H and O–H groups in total. The van der Waals surface area contributed by atoms with E-state index in [1.54, 1.807) is 19.3 Å². The van der Waals surface area contributed by atoms with Crippen LogP contribution in [0.15, 0.2) is 12.4 Å². The summed E-state index contributed by atoms with van der Waals surface area (Å²) in [5.74, 6) is 0.580. The largest absolute Gasteiger partial charge is 0.324 e. The molecule has 0 aliphatic carbocycles. The van der Waals surface area contributed by atoms with Crippen LogP contribution in [0.25, 0.3) is 0 Å². The first-order valence-corrected chi connectivity index (χ1v) is 3.25. The normalized spacial score (nSPS) is 9.27. The van der Waals surface area contributed by atoms with Crippen molar-refractivity contribution in [2.24, 2.45) is 0 Å². The summed E-state index contributed by atoms with van der Waals surface area (Å²) in [6, 6.07) is 0. The summed E-state index contributed by atoms with van der Waals surface area (Å²) < 4.78 is 0. The second-order valence-electron chi connectivity index (χ2n) is 2.20. The molecule has 0 bridgehead atoms. The number of rotatable bonds is 1. The third-order valence-corrected chi connectivity index (χ3v) is 1.10. The number of amides is 1. The predicted octanol–water partition coefficient (Wildman–Crippen LogP) is 0.743. The minimum atomic E-state index is -0.113. The monoisotopic (exact) mass is 151 g/mol. The number of carbonyl (C=O) groups is 1. The van der Waals surface area contributed by atoms with Gasteiger partial charge in [0.2, 0.25) is 5.91 Å². The zero-order valence-electron chi connectivity index (χ0n) is 6.46. The number of aromatic nitrogens is 2. The van der Waals surface area contributed by atoms with Crippen molar-refractivity contribution < 1.29 is 4.79 Å². The van der Waals surface area contributed by atoms with Crippen LogP contribution >= 0.6 is 0 Å². The number of aryl methyl sites for hydroxylation is 1. The maximum absolute atomic E-state index is 10.5. The number of nitrogens with zero attached hydrogens (tertiary/aromatic N) is 2. The molecule has 0 aliphatic heterocycles. The van der Waals surface area contributed by atoms with Crippen molar-refractivity contribution in [2.75, 3.05) is 5.32 Å². The summed E-state index contributed by atoms with van der Waals surface area (Å²) in [5.41, 5.74) is 0.628. The summed E-state index contributed by atoms with van der Waals surface area (Å²) in [6.45, 7) is 3.23. The van der Waals surface area contributed by atoms with E-state index in [4.69, 9.17) is 0 Å². The van der Waals surface area contributed by atoms with Crippen LogP contribution in [0.4, 0.5) is 5.69 Å². The summed E-state index contributed by atoms with van der Waals surface area (Å²) in [6.07, 6.45) is 3.15. The van der Waals surface area contributed by atoms with Gasteiger partial charge in [-0.1, -0.05) is 0 Å². The molecule has 0 saturated heterocycles. The lowest BCUT2D eigenvalue weighted by Gasteiger charge is -1.98. The molecule has 1 aromatic heterocycles. The van der Waals surface area contributed by atoms with E-state index in [9.17, 15) is 4.79 Å². The number of anilines is 1. The molecule has 1 heterocycles. The van der Waals surface area contributed by atoms with E-state index < -0.39 is 0 Å². The van der Waals surface area contributed by atoms with Crippen LogP contribution in [-0.2, 0) is 4.79 Å². The van der Waals surface area contributed by atoms with Crippen LogP contribution in [0.2, 0.25) is 0 Å². The van der Waals surface area contributed by atoms with Gasteiger partial charge in [-0.2, -0.15) is 0 Å². The molecule has 1 aromatic rings. The third kappa shape index (κ3) is 2.33. The van der Waals surface area contributed by atoms with Crippen molar-refractivity contribution in [3.05, 3.63) is 18.2 Å². The number of carbonyl (C=O) groups excluding carboxylic acids is 1. The van der Waals surface area contributed by atoms with Crippen LogP contribution in [0, 0.1) is 6.92 Å². The molecule has 4 nitrogen and oxygen atoms in total. The molecule has 11 heavy (non-hydrogen) atoms. The van der Waals surface area contributed by atoms with Gasteiger partial charge in [-0.15, -0.1) is 0 Å². The molecule has 0 aliphatic rings. The van der Waals surface area contributed by atoms with Crippen molar-refractivity contribution in [3.8, 4) is 0 Å². The average Bonchev–Trinajstić information content (AvgIpc) is 1.93. The first-order chi connectivity index (χ1) is 5.18. The number of nitrogens with one attached hydrogen (secondary N) is 1. The van der Waals surface area contributed by atoms with Crippen LogP contribution in [0.5, 0.6) is 0 Å². The lowest BCUT2D eigenvalue weighted by molar-refractivity contribution is -0.114. The zero-order chi connectivity index (χ0) is 8.27. The van der Waals surface area contributed by atoms with E-state index >= 15 is 0 Å². The molecule has 58 valence electrons. The summed E-state index contributed by atoms with van der Waals surface area (Å²) in [5, 5.41) is 2.57. The first-order valence-electron chi connectivity index (χ1n) is 3.25. The van der Waals surface area contributed by atoms with Gasteiger partial charge in [-0.05, 0) is 6.92 Å². The Morgan fingerprint density at radius 1 is 1.45 bits per heavy atom. The Morgan fingerprint density at radius 2 is 2.00 bits per heavy atom. The second kappa shape index (κ2) is 3.09. The maximum atomic E-state index is 10.5. The lowest BCUT2D eigenvalue weighted by atomic mass is 10.5. The van der Waals surface area contributed by atoms with Crippen molar-refractivity contribution in [1.82, 2.24) is 9.97 Å². The van der Waals surface area contributed by atoms with Crippen LogP contribution in [-0.4, -0.2) is 15.9 Å².